The van der Waals surface area contributed by atoms with Crippen LogP contribution in [0.25, 0.3) is 0 Å². The van der Waals surface area contributed by atoms with Crippen molar-refractivity contribution in [1.82, 2.24) is 5.32 Å². The van der Waals surface area contributed by atoms with Crippen molar-refractivity contribution in [2.75, 3.05) is 25.1 Å². The van der Waals surface area contributed by atoms with Gasteiger partial charge in [-0.2, -0.15) is 0 Å². The molecule has 1 saturated heterocycles. The molecule has 0 unspecified atom stereocenters. The van der Waals surface area contributed by atoms with Crippen LogP contribution in [-0.4, -0.2) is 42.3 Å². The zero-order chi connectivity index (χ0) is 16.2. The topological polar surface area (TPSA) is 87.7 Å². The van der Waals surface area contributed by atoms with Crippen molar-refractivity contribution in [2.24, 2.45) is 0 Å². The molecule has 0 radical (unpaired) electrons. The van der Waals surface area contributed by atoms with E-state index in [-0.39, 0.29) is 17.3 Å². The lowest BCUT2D eigenvalue weighted by Crippen LogP contribution is -2.48. The lowest BCUT2D eigenvalue weighted by atomic mass is 9.94. The van der Waals surface area contributed by atoms with Gasteiger partial charge in [0.1, 0.15) is 5.82 Å². The van der Waals surface area contributed by atoms with Crippen LogP contribution in [-0.2, 0) is 14.3 Å². The maximum atomic E-state index is 13.0. The van der Waals surface area contributed by atoms with E-state index in [0.29, 0.717) is 26.1 Å². The van der Waals surface area contributed by atoms with E-state index in [2.05, 4.69) is 10.6 Å². The van der Waals surface area contributed by atoms with Gasteiger partial charge in [-0.15, -0.1) is 0 Å². The molecule has 0 saturated carbocycles. The molecule has 22 heavy (non-hydrogen) atoms. The normalized spacial score (nSPS) is 16.9. The number of rotatable bonds is 3. The largest absolute Gasteiger partial charge is 0.388 e. The highest BCUT2D eigenvalue weighted by molar-refractivity contribution is 6.39. The SMILES string of the molecule is O=C(NCC1(O)CCOCC1)C(=O)Nc1ccc(F)c(Cl)c1. The summed E-state index contributed by atoms with van der Waals surface area (Å²) in [7, 11) is 0. The molecular weight excluding hydrogens is 315 g/mol. The first-order valence-electron chi connectivity index (χ1n) is 6.74. The second-order valence-electron chi connectivity index (χ2n) is 5.10. The fraction of sp³-hybridized carbons (Fsp3) is 0.429. The first kappa shape index (κ1) is 16.7. The van der Waals surface area contributed by atoms with Crippen molar-refractivity contribution >= 4 is 29.1 Å². The quantitative estimate of drug-likeness (QED) is 0.724. The summed E-state index contributed by atoms with van der Waals surface area (Å²) in [6, 6.07) is 3.58. The maximum Gasteiger partial charge on any atom is 0.313 e. The van der Waals surface area contributed by atoms with Gasteiger partial charge in [0.05, 0.1) is 10.6 Å². The summed E-state index contributed by atoms with van der Waals surface area (Å²) >= 11 is 5.59. The second kappa shape index (κ2) is 7.04. The molecule has 1 aromatic rings. The van der Waals surface area contributed by atoms with E-state index in [1.54, 1.807) is 0 Å². The van der Waals surface area contributed by atoms with Gasteiger partial charge in [0.15, 0.2) is 0 Å². The number of hydrogen-bond acceptors (Lipinski definition) is 4. The maximum absolute atomic E-state index is 13.0. The van der Waals surface area contributed by atoms with Crippen LogP contribution in [0.4, 0.5) is 10.1 Å². The number of aliphatic hydroxyl groups is 1. The summed E-state index contributed by atoms with van der Waals surface area (Å²) in [5.41, 5.74) is -0.857. The van der Waals surface area contributed by atoms with Crippen molar-refractivity contribution in [2.45, 2.75) is 18.4 Å². The molecule has 3 N–H and O–H groups in total. The van der Waals surface area contributed by atoms with Crippen LogP contribution >= 0.6 is 11.6 Å². The summed E-state index contributed by atoms with van der Waals surface area (Å²) in [4.78, 5) is 23.4. The predicted octanol–water partition coefficient (Wildman–Crippen LogP) is 1.08. The Morgan fingerprint density at radius 3 is 2.64 bits per heavy atom. The zero-order valence-electron chi connectivity index (χ0n) is 11.7. The van der Waals surface area contributed by atoms with Crippen LogP contribution in [0.3, 0.4) is 0 Å². The first-order valence-corrected chi connectivity index (χ1v) is 7.12. The van der Waals surface area contributed by atoms with Gasteiger partial charge in [-0.1, -0.05) is 11.6 Å². The summed E-state index contributed by atoms with van der Waals surface area (Å²) in [6.07, 6.45) is 0.783. The average Bonchev–Trinajstić information content (AvgIpc) is 2.49. The van der Waals surface area contributed by atoms with E-state index >= 15 is 0 Å². The molecule has 0 bridgehead atoms. The van der Waals surface area contributed by atoms with Crippen molar-refractivity contribution in [3.63, 3.8) is 0 Å². The summed E-state index contributed by atoms with van der Waals surface area (Å²) in [6.45, 7) is 0.784. The Morgan fingerprint density at radius 2 is 2.00 bits per heavy atom. The van der Waals surface area contributed by atoms with Crippen LogP contribution < -0.4 is 10.6 Å². The number of amides is 2. The minimum Gasteiger partial charge on any atom is -0.388 e. The third-order valence-corrected chi connectivity index (χ3v) is 3.67. The molecular formula is C14H16ClFN2O4. The molecule has 120 valence electrons. The minimum absolute atomic E-state index is 0.0349. The predicted molar refractivity (Wildman–Crippen MR) is 78.1 cm³/mol. The molecule has 0 aromatic heterocycles. The van der Waals surface area contributed by atoms with E-state index in [4.69, 9.17) is 16.3 Å². The number of ether oxygens (including phenoxy) is 1. The van der Waals surface area contributed by atoms with Crippen molar-refractivity contribution in [1.29, 1.82) is 0 Å². The van der Waals surface area contributed by atoms with Gasteiger partial charge in [-0.3, -0.25) is 9.59 Å². The van der Waals surface area contributed by atoms with Gasteiger partial charge in [-0.05, 0) is 18.2 Å². The molecule has 0 atom stereocenters. The Hall–Kier alpha value is -1.70. The summed E-state index contributed by atoms with van der Waals surface area (Å²) < 4.78 is 18.1. The molecule has 1 fully saturated rings. The Balaban J connectivity index is 1.86. The van der Waals surface area contributed by atoms with Gasteiger partial charge in [0, 0.05) is 38.3 Å². The van der Waals surface area contributed by atoms with Crippen molar-refractivity contribution < 1.29 is 23.8 Å². The molecule has 1 heterocycles. The number of anilines is 1. The Bertz CT molecular complexity index is 576. The monoisotopic (exact) mass is 330 g/mol. The third-order valence-electron chi connectivity index (χ3n) is 3.39. The molecule has 0 spiro atoms. The molecule has 2 amide bonds. The Morgan fingerprint density at radius 1 is 1.32 bits per heavy atom. The van der Waals surface area contributed by atoms with Gasteiger partial charge < -0.3 is 20.5 Å². The van der Waals surface area contributed by atoms with E-state index in [9.17, 15) is 19.1 Å². The van der Waals surface area contributed by atoms with E-state index in [1.807, 2.05) is 0 Å². The van der Waals surface area contributed by atoms with E-state index in [1.165, 1.54) is 12.1 Å². The van der Waals surface area contributed by atoms with Gasteiger partial charge in [0.2, 0.25) is 0 Å². The molecule has 0 aliphatic carbocycles. The van der Waals surface area contributed by atoms with Crippen LogP contribution in [0, 0.1) is 5.82 Å². The Labute approximate surface area is 131 Å². The highest BCUT2D eigenvalue weighted by Crippen LogP contribution is 2.20. The van der Waals surface area contributed by atoms with Crippen LogP contribution in [0.5, 0.6) is 0 Å². The number of carbonyl (C=O) groups is 2. The van der Waals surface area contributed by atoms with Crippen LogP contribution in [0.2, 0.25) is 5.02 Å². The zero-order valence-corrected chi connectivity index (χ0v) is 12.5. The minimum atomic E-state index is -1.06. The number of benzene rings is 1. The second-order valence-corrected chi connectivity index (χ2v) is 5.51. The number of hydrogen-bond donors (Lipinski definition) is 3. The number of halogens is 2. The summed E-state index contributed by atoms with van der Waals surface area (Å²) in [5.74, 6) is -2.43. The highest BCUT2D eigenvalue weighted by atomic mass is 35.5. The molecule has 2 rings (SSSR count). The van der Waals surface area contributed by atoms with Gasteiger partial charge in [-0.25, -0.2) is 4.39 Å². The highest BCUT2D eigenvalue weighted by Gasteiger charge is 2.30. The van der Waals surface area contributed by atoms with Crippen LogP contribution in [0.15, 0.2) is 18.2 Å². The third kappa shape index (κ3) is 4.40. The van der Waals surface area contributed by atoms with Crippen molar-refractivity contribution in [3.8, 4) is 0 Å². The molecule has 1 aromatic carbocycles. The number of carbonyl (C=O) groups excluding carboxylic acids is 2. The number of nitrogens with one attached hydrogen (secondary N) is 2. The van der Waals surface area contributed by atoms with Crippen LogP contribution in [0.1, 0.15) is 12.8 Å². The summed E-state index contributed by atoms with van der Waals surface area (Å²) in [5, 5.41) is 14.7. The molecule has 1 aliphatic heterocycles. The Kier molecular flexibility index (Phi) is 5.33. The fourth-order valence-electron chi connectivity index (χ4n) is 2.01. The standard InChI is InChI=1S/C14H16ClFN2O4/c15-10-7-9(1-2-11(10)16)18-13(20)12(19)17-8-14(21)3-5-22-6-4-14/h1-2,7,21H,3-6,8H2,(H,17,19)(H,18,20). The fourth-order valence-corrected chi connectivity index (χ4v) is 2.20. The lowest BCUT2D eigenvalue weighted by molar-refractivity contribution is -0.137. The lowest BCUT2D eigenvalue weighted by Gasteiger charge is -2.31. The van der Waals surface area contributed by atoms with Crippen molar-refractivity contribution in [3.05, 3.63) is 29.0 Å². The molecule has 6 nitrogen and oxygen atoms in total. The average molecular weight is 331 g/mol. The molecule has 1 aliphatic rings. The molecule has 8 heteroatoms. The smallest absolute Gasteiger partial charge is 0.313 e. The first-order chi connectivity index (χ1) is 10.4. The van der Waals surface area contributed by atoms with E-state index in [0.717, 1.165) is 6.07 Å². The van der Waals surface area contributed by atoms with Gasteiger partial charge >= 0.3 is 11.8 Å². The van der Waals surface area contributed by atoms with Gasteiger partial charge in [0.25, 0.3) is 0 Å². The van der Waals surface area contributed by atoms with E-state index < -0.39 is 23.2 Å².